The van der Waals surface area contributed by atoms with Crippen LogP contribution >= 0.6 is 0 Å². The Morgan fingerprint density at radius 2 is 1.86 bits per heavy atom. The molecule has 21 heavy (non-hydrogen) atoms. The third-order valence-electron chi connectivity index (χ3n) is 5.05. The molecule has 1 aromatic heterocycles. The Labute approximate surface area is 125 Å². The van der Waals surface area contributed by atoms with Gasteiger partial charge in [0.25, 0.3) is 0 Å². The van der Waals surface area contributed by atoms with Crippen molar-refractivity contribution in [1.82, 2.24) is 9.97 Å². The molecule has 2 heterocycles. The van der Waals surface area contributed by atoms with Crippen molar-refractivity contribution in [2.24, 2.45) is 11.3 Å². The summed E-state index contributed by atoms with van der Waals surface area (Å²) in [6, 6.07) is 1.95. The number of aliphatic carboxylic acids is 1. The van der Waals surface area contributed by atoms with Gasteiger partial charge in [0.2, 0.25) is 5.95 Å². The Morgan fingerprint density at radius 3 is 2.43 bits per heavy atom. The predicted molar refractivity (Wildman–Crippen MR) is 80.4 cm³/mol. The standard InChI is InChI=1S/C16H23N3O2/c1-11-8-12(2)18-15(17-11)19-9-13(14(20)21)16(10-19)6-4-3-5-7-16/h8,13H,3-7,9-10H2,1-2H3,(H,20,21)/t13-/m1/s1. The van der Waals surface area contributed by atoms with Gasteiger partial charge in [-0.3, -0.25) is 4.79 Å². The third kappa shape index (κ3) is 2.61. The van der Waals surface area contributed by atoms with Crippen LogP contribution in [0.3, 0.4) is 0 Å². The number of hydrogen-bond acceptors (Lipinski definition) is 4. The molecule has 1 aliphatic heterocycles. The number of anilines is 1. The van der Waals surface area contributed by atoms with E-state index in [9.17, 15) is 9.90 Å². The molecule has 1 N–H and O–H groups in total. The Hall–Kier alpha value is -1.65. The normalized spacial score (nSPS) is 24.5. The van der Waals surface area contributed by atoms with Crippen molar-refractivity contribution in [3.63, 3.8) is 0 Å². The summed E-state index contributed by atoms with van der Waals surface area (Å²) in [6.45, 7) is 5.24. The lowest BCUT2D eigenvalue weighted by Crippen LogP contribution is -2.36. The van der Waals surface area contributed by atoms with Crippen LogP contribution in [0.1, 0.15) is 43.5 Å². The summed E-state index contributed by atoms with van der Waals surface area (Å²) in [5.41, 5.74) is 1.80. The van der Waals surface area contributed by atoms with E-state index < -0.39 is 5.97 Å². The summed E-state index contributed by atoms with van der Waals surface area (Å²) in [6.07, 6.45) is 5.56. The van der Waals surface area contributed by atoms with E-state index in [2.05, 4.69) is 14.9 Å². The molecule has 1 atom stereocenters. The van der Waals surface area contributed by atoms with Gasteiger partial charge in [-0.05, 0) is 32.8 Å². The molecule has 114 valence electrons. The number of hydrogen-bond donors (Lipinski definition) is 1. The minimum Gasteiger partial charge on any atom is -0.481 e. The average Bonchev–Trinajstić information content (AvgIpc) is 2.78. The molecule has 1 aromatic rings. The second-order valence-corrected chi connectivity index (χ2v) is 6.65. The zero-order valence-corrected chi connectivity index (χ0v) is 12.8. The predicted octanol–water partition coefficient (Wildman–Crippen LogP) is 2.56. The minimum atomic E-state index is -0.663. The van der Waals surface area contributed by atoms with Gasteiger partial charge in [0.15, 0.2) is 0 Å². The second kappa shape index (κ2) is 5.28. The summed E-state index contributed by atoms with van der Waals surface area (Å²) >= 11 is 0. The molecule has 1 saturated carbocycles. The first-order chi connectivity index (χ1) is 10.00. The summed E-state index contributed by atoms with van der Waals surface area (Å²) in [4.78, 5) is 22.8. The maximum atomic E-state index is 11.7. The Bertz CT molecular complexity index is 532. The van der Waals surface area contributed by atoms with Crippen LogP contribution in [0.2, 0.25) is 0 Å². The maximum Gasteiger partial charge on any atom is 0.308 e. The van der Waals surface area contributed by atoms with Crippen molar-refractivity contribution < 1.29 is 9.90 Å². The lowest BCUT2D eigenvalue weighted by molar-refractivity contribution is -0.145. The molecule has 3 rings (SSSR count). The van der Waals surface area contributed by atoms with Crippen molar-refractivity contribution in [1.29, 1.82) is 0 Å². The molecular weight excluding hydrogens is 266 g/mol. The largest absolute Gasteiger partial charge is 0.481 e. The molecule has 1 aliphatic carbocycles. The molecule has 1 spiro atoms. The summed E-state index contributed by atoms with van der Waals surface area (Å²) < 4.78 is 0. The van der Waals surface area contributed by atoms with Crippen LogP contribution in [0.15, 0.2) is 6.07 Å². The fourth-order valence-corrected chi connectivity index (χ4v) is 4.07. The number of nitrogens with zero attached hydrogens (tertiary/aromatic N) is 3. The zero-order chi connectivity index (χ0) is 15.0. The van der Waals surface area contributed by atoms with Crippen molar-refractivity contribution in [2.45, 2.75) is 46.0 Å². The van der Waals surface area contributed by atoms with Gasteiger partial charge in [0.1, 0.15) is 0 Å². The first-order valence-electron chi connectivity index (χ1n) is 7.80. The van der Waals surface area contributed by atoms with Gasteiger partial charge in [-0.25, -0.2) is 9.97 Å². The number of aromatic nitrogens is 2. The van der Waals surface area contributed by atoms with Crippen LogP contribution in [0.5, 0.6) is 0 Å². The number of carboxylic acids is 1. The van der Waals surface area contributed by atoms with Gasteiger partial charge in [0.05, 0.1) is 5.92 Å². The minimum absolute atomic E-state index is 0.0783. The highest BCUT2D eigenvalue weighted by atomic mass is 16.4. The fraction of sp³-hybridized carbons (Fsp3) is 0.688. The summed E-state index contributed by atoms with van der Waals surface area (Å²) in [7, 11) is 0. The first-order valence-corrected chi connectivity index (χ1v) is 7.80. The molecule has 5 heteroatoms. The zero-order valence-electron chi connectivity index (χ0n) is 12.8. The highest BCUT2D eigenvalue weighted by molar-refractivity contribution is 5.73. The fourth-order valence-electron chi connectivity index (χ4n) is 4.07. The van der Waals surface area contributed by atoms with Gasteiger partial charge in [-0.15, -0.1) is 0 Å². The van der Waals surface area contributed by atoms with E-state index in [1.165, 1.54) is 6.42 Å². The van der Waals surface area contributed by atoms with Crippen LogP contribution in [-0.2, 0) is 4.79 Å². The summed E-state index contributed by atoms with van der Waals surface area (Å²) in [5, 5.41) is 9.64. The van der Waals surface area contributed by atoms with Crippen molar-refractivity contribution in [3.8, 4) is 0 Å². The van der Waals surface area contributed by atoms with Gasteiger partial charge >= 0.3 is 5.97 Å². The molecule has 0 amide bonds. The Balaban J connectivity index is 1.90. The van der Waals surface area contributed by atoms with Crippen molar-refractivity contribution >= 4 is 11.9 Å². The first kappa shape index (κ1) is 14.3. The summed E-state index contributed by atoms with van der Waals surface area (Å²) in [5.74, 6) is -0.257. The SMILES string of the molecule is Cc1cc(C)nc(N2C[C@H](C(=O)O)C3(CCCCC3)C2)n1. The molecule has 5 nitrogen and oxygen atoms in total. The van der Waals surface area contributed by atoms with Crippen molar-refractivity contribution in [3.05, 3.63) is 17.5 Å². The molecule has 0 aromatic carbocycles. The molecule has 1 saturated heterocycles. The number of carboxylic acid groups (broad SMARTS) is 1. The van der Waals surface area contributed by atoms with E-state index in [1.807, 2.05) is 19.9 Å². The molecule has 0 radical (unpaired) electrons. The van der Waals surface area contributed by atoms with Crippen LogP contribution in [0.25, 0.3) is 0 Å². The molecule has 2 fully saturated rings. The van der Waals surface area contributed by atoms with Gasteiger partial charge in [0, 0.05) is 29.9 Å². The Kier molecular flexibility index (Phi) is 3.59. The van der Waals surface area contributed by atoms with Gasteiger partial charge < -0.3 is 10.0 Å². The Morgan fingerprint density at radius 1 is 1.24 bits per heavy atom. The number of rotatable bonds is 2. The molecule has 2 aliphatic rings. The smallest absolute Gasteiger partial charge is 0.308 e. The van der Waals surface area contributed by atoms with Gasteiger partial charge in [-0.1, -0.05) is 19.3 Å². The topological polar surface area (TPSA) is 66.3 Å². The lowest BCUT2D eigenvalue weighted by Gasteiger charge is -2.36. The van der Waals surface area contributed by atoms with Crippen LogP contribution in [0.4, 0.5) is 5.95 Å². The van der Waals surface area contributed by atoms with E-state index in [0.29, 0.717) is 12.5 Å². The van der Waals surface area contributed by atoms with Crippen LogP contribution in [-0.4, -0.2) is 34.1 Å². The van der Waals surface area contributed by atoms with E-state index in [0.717, 1.165) is 43.6 Å². The number of carbonyl (C=O) groups is 1. The quantitative estimate of drug-likeness (QED) is 0.906. The van der Waals surface area contributed by atoms with E-state index >= 15 is 0 Å². The van der Waals surface area contributed by atoms with Crippen LogP contribution in [0, 0.1) is 25.2 Å². The molecule has 0 unspecified atom stereocenters. The molecule has 0 bridgehead atoms. The lowest BCUT2D eigenvalue weighted by atomic mass is 9.68. The van der Waals surface area contributed by atoms with Gasteiger partial charge in [-0.2, -0.15) is 0 Å². The second-order valence-electron chi connectivity index (χ2n) is 6.65. The number of aryl methyl sites for hydroxylation is 2. The van der Waals surface area contributed by atoms with Crippen molar-refractivity contribution in [2.75, 3.05) is 18.0 Å². The third-order valence-corrected chi connectivity index (χ3v) is 5.05. The monoisotopic (exact) mass is 289 g/mol. The highest BCUT2D eigenvalue weighted by Crippen LogP contribution is 2.48. The maximum absolute atomic E-state index is 11.7. The van der Waals surface area contributed by atoms with E-state index in [1.54, 1.807) is 0 Å². The van der Waals surface area contributed by atoms with E-state index in [-0.39, 0.29) is 11.3 Å². The van der Waals surface area contributed by atoms with Crippen LogP contribution < -0.4 is 4.90 Å². The average molecular weight is 289 g/mol. The highest BCUT2D eigenvalue weighted by Gasteiger charge is 2.51. The molecular formula is C16H23N3O2. The van der Waals surface area contributed by atoms with E-state index in [4.69, 9.17) is 0 Å².